The van der Waals surface area contributed by atoms with Crippen LogP contribution in [0.1, 0.15) is 41.8 Å². The number of esters is 1. The second-order valence-corrected chi connectivity index (χ2v) is 17.3. The van der Waals surface area contributed by atoms with Gasteiger partial charge in [-0.15, -0.1) is 11.8 Å². The SMILES string of the molecule is CC1(C)S[C@H]2N(C(=O)C23CC=C(C(=O)Oc2ccccc2)C3C(=O)c2ccccc2-c2ccc3ccccc3c2)[C@H]1C(O)(OCc1ccccc1)c1ccccc1. The van der Waals surface area contributed by atoms with Crippen molar-refractivity contribution < 1.29 is 29.0 Å². The summed E-state index contributed by atoms with van der Waals surface area (Å²) < 4.78 is 11.7. The first kappa shape index (κ1) is 36.8. The van der Waals surface area contributed by atoms with Crippen molar-refractivity contribution in [2.75, 3.05) is 0 Å². The van der Waals surface area contributed by atoms with E-state index >= 15 is 9.59 Å². The normalized spacial score (nSPS) is 23.1. The smallest absolute Gasteiger partial charge is 0.339 e. The molecule has 8 heteroatoms. The maximum Gasteiger partial charge on any atom is 0.339 e. The number of hydrogen-bond donors (Lipinski definition) is 1. The Morgan fingerprint density at radius 3 is 2.16 bits per heavy atom. The second kappa shape index (κ2) is 14.3. The highest BCUT2D eigenvalue weighted by Crippen LogP contribution is 2.68. The minimum absolute atomic E-state index is 0.102. The molecule has 1 amide bonds. The molecule has 2 fully saturated rings. The Bertz CT molecular complexity index is 2540. The number of hydrogen-bond acceptors (Lipinski definition) is 7. The van der Waals surface area contributed by atoms with Gasteiger partial charge in [0.05, 0.1) is 23.3 Å². The third-order valence-corrected chi connectivity index (χ3v) is 13.4. The quantitative estimate of drug-likeness (QED) is 0.0488. The average molecular weight is 772 g/mol. The van der Waals surface area contributed by atoms with Crippen molar-refractivity contribution in [1.82, 2.24) is 4.90 Å². The Morgan fingerprint density at radius 1 is 0.789 bits per heavy atom. The first-order chi connectivity index (χ1) is 27.6. The van der Waals surface area contributed by atoms with Crippen LogP contribution in [0.25, 0.3) is 21.9 Å². The molecule has 2 heterocycles. The standard InChI is InChI=1S/C49H41NO6S/c1-47(2)44(49(54,36-20-8-4-9-21-36)55-31-32-16-6-3-7-17-32)50-45(53)48(46(50)57-47)29-28-40(43(52)56-37-22-10-5-11-23-37)41(48)42(51)39-25-15-14-24-38(39)35-27-26-33-18-12-13-19-34(33)30-35/h3-28,30,41,44,46,54H,29,31H2,1-2H3/t41?,44-,46-,48?,49?/m1/s1. The van der Waals surface area contributed by atoms with E-state index in [2.05, 4.69) is 6.07 Å². The van der Waals surface area contributed by atoms with E-state index in [1.165, 1.54) is 11.8 Å². The van der Waals surface area contributed by atoms with Gasteiger partial charge in [0.1, 0.15) is 11.8 Å². The van der Waals surface area contributed by atoms with Gasteiger partial charge in [-0.2, -0.15) is 0 Å². The molecule has 2 aliphatic heterocycles. The van der Waals surface area contributed by atoms with Crippen molar-refractivity contribution in [1.29, 1.82) is 0 Å². The molecule has 1 N–H and O–H groups in total. The molecule has 1 spiro atoms. The Hall–Kier alpha value is -5.80. The molecule has 284 valence electrons. The van der Waals surface area contributed by atoms with Crippen LogP contribution in [-0.2, 0) is 26.7 Å². The summed E-state index contributed by atoms with van der Waals surface area (Å²) in [5.41, 5.74) is 2.20. The number of β-lactam (4-membered cyclic amide) rings is 1. The molecule has 7 nitrogen and oxygen atoms in total. The number of carbonyl (C=O) groups is 3. The molecule has 57 heavy (non-hydrogen) atoms. The lowest BCUT2D eigenvalue weighted by molar-refractivity contribution is -0.270. The van der Waals surface area contributed by atoms with Gasteiger partial charge < -0.3 is 19.5 Å². The van der Waals surface area contributed by atoms with Gasteiger partial charge in [0.2, 0.25) is 11.7 Å². The van der Waals surface area contributed by atoms with Gasteiger partial charge in [0, 0.05) is 21.4 Å². The Labute approximate surface area is 335 Å². The van der Waals surface area contributed by atoms with Gasteiger partial charge in [-0.25, -0.2) is 4.79 Å². The van der Waals surface area contributed by atoms with Crippen molar-refractivity contribution in [3.8, 4) is 16.9 Å². The maximum atomic E-state index is 15.4. The number of allylic oxidation sites excluding steroid dienone is 1. The zero-order valence-electron chi connectivity index (χ0n) is 31.6. The first-order valence-electron chi connectivity index (χ1n) is 19.2. The number of para-hydroxylation sites is 1. The molecule has 0 saturated carbocycles. The molecule has 6 aromatic rings. The molecule has 3 unspecified atom stereocenters. The summed E-state index contributed by atoms with van der Waals surface area (Å²) in [5, 5.41) is 14.4. The van der Waals surface area contributed by atoms with E-state index in [0.717, 1.165) is 21.9 Å². The largest absolute Gasteiger partial charge is 0.423 e. The summed E-state index contributed by atoms with van der Waals surface area (Å²) in [7, 11) is 0. The topological polar surface area (TPSA) is 93.1 Å². The predicted octanol–water partition coefficient (Wildman–Crippen LogP) is 9.35. The number of amides is 1. The molecular weight excluding hydrogens is 731 g/mol. The van der Waals surface area contributed by atoms with Crippen LogP contribution in [-0.4, -0.2) is 43.8 Å². The molecule has 2 saturated heterocycles. The lowest BCUT2D eigenvalue weighted by Gasteiger charge is -2.56. The summed E-state index contributed by atoms with van der Waals surface area (Å²) in [4.78, 5) is 46.6. The fourth-order valence-electron chi connectivity index (χ4n) is 9.10. The maximum absolute atomic E-state index is 15.4. The first-order valence-corrected chi connectivity index (χ1v) is 20.1. The zero-order valence-corrected chi connectivity index (χ0v) is 32.4. The number of carbonyl (C=O) groups excluding carboxylic acids is 3. The summed E-state index contributed by atoms with van der Waals surface area (Å²) in [5.74, 6) is -4.04. The van der Waals surface area contributed by atoms with E-state index in [-0.39, 0.29) is 30.3 Å². The van der Waals surface area contributed by atoms with Crippen LogP contribution < -0.4 is 4.74 Å². The highest BCUT2D eigenvalue weighted by atomic mass is 32.2. The fourth-order valence-corrected chi connectivity index (χ4v) is 11.0. The molecule has 5 atom stereocenters. The molecule has 0 bridgehead atoms. The number of ketones is 1. The van der Waals surface area contributed by atoms with E-state index < -0.39 is 39.3 Å². The van der Waals surface area contributed by atoms with Crippen LogP contribution in [0.15, 0.2) is 169 Å². The van der Waals surface area contributed by atoms with Crippen molar-refractivity contribution >= 4 is 40.2 Å². The highest BCUT2D eigenvalue weighted by molar-refractivity contribution is 8.01. The van der Waals surface area contributed by atoms with Gasteiger partial charge in [0.25, 0.3) is 0 Å². The number of rotatable bonds is 10. The summed E-state index contributed by atoms with van der Waals surface area (Å²) >= 11 is 1.53. The number of aliphatic hydroxyl groups is 1. The van der Waals surface area contributed by atoms with Crippen molar-refractivity contribution in [2.24, 2.45) is 11.3 Å². The Kier molecular flexibility index (Phi) is 9.23. The summed E-state index contributed by atoms with van der Waals surface area (Å²) in [6, 6.07) is 48.2. The molecule has 0 radical (unpaired) electrons. The number of fused-ring (bicyclic) bond motifs is 3. The molecule has 0 aromatic heterocycles. The van der Waals surface area contributed by atoms with Crippen molar-refractivity contribution in [3.05, 3.63) is 186 Å². The number of benzene rings is 6. The number of nitrogens with zero attached hydrogens (tertiary/aromatic N) is 1. The van der Waals surface area contributed by atoms with Gasteiger partial charge in [-0.1, -0.05) is 146 Å². The Morgan fingerprint density at radius 2 is 1.42 bits per heavy atom. The van der Waals surface area contributed by atoms with Crippen molar-refractivity contribution in [3.63, 3.8) is 0 Å². The number of Topliss-reactive ketones (excluding diaryl/α,β-unsaturated/α-hetero) is 1. The van der Waals surface area contributed by atoms with Gasteiger partial charge in [-0.3, -0.25) is 9.59 Å². The highest BCUT2D eigenvalue weighted by Gasteiger charge is 2.77. The third kappa shape index (κ3) is 6.11. The zero-order chi connectivity index (χ0) is 39.4. The monoisotopic (exact) mass is 771 g/mol. The van der Waals surface area contributed by atoms with Crippen LogP contribution in [0.5, 0.6) is 5.75 Å². The minimum atomic E-state index is -1.91. The van der Waals surface area contributed by atoms with E-state index in [0.29, 0.717) is 22.4 Å². The van der Waals surface area contributed by atoms with Crippen molar-refractivity contribution in [2.45, 2.75) is 48.8 Å². The van der Waals surface area contributed by atoms with E-state index in [4.69, 9.17) is 9.47 Å². The lowest BCUT2D eigenvalue weighted by atomic mass is 9.64. The average Bonchev–Trinajstić information content (AvgIpc) is 3.79. The molecule has 9 rings (SSSR count). The Balaban J connectivity index is 1.13. The van der Waals surface area contributed by atoms with Crippen LogP contribution in [0, 0.1) is 11.3 Å². The van der Waals surface area contributed by atoms with E-state index in [1.54, 1.807) is 41.3 Å². The van der Waals surface area contributed by atoms with Crippen LogP contribution in [0.3, 0.4) is 0 Å². The van der Waals surface area contributed by atoms with Gasteiger partial charge >= 0.3 is 5.97 Å². The number of thioether (sulfide) groups is 1. The predicted molar refractivity (Wildman–Crippen MR) is 222 cm³/mol. The van der Waals surface area contributed by atoms with Crippen LogP contribution in [0.4, 0.5) is 0 Å². The second-order valence-electron chi connectivity index (χ2n) is 15.5. The lowest BCUT2D eigenvalue weighted by Crippen LogP contribution is -2.73. The van der Waals surface area contributed by atoms with Gasteiger partial charge in [0.15, 0.2) is 5.78 Å². The van der Waals surface area contributed by atoms with E-state index in [1.807, 2.05) is 135 Å². The summed E-state index contributed by atoms with van der Waals surface area (Å²) in [6.07, 6.45) is 1.88. The molecule has 1 aliphatic carbocycles. The summed E-state index contributed by atoms with van der Waals surface area (Å²) in [6.45, 7) is 4.10. The molecule has 3 aliphatic rings. The fraction of sp³-hybridized carbons (Fsp3) is 0.204. The van der Waals surface area contributed by atoms with Crippen LogP contribution >= 0.6 is 11.8 Å². The third-order valence-electron chi connectivity index (χ3n) is 11.7. The minimum Gasteiger partial charge on any atom is -0.423 e. The molecule has 6 aromatic carbocycles. The molecular formula is C49H41NO6S. The number of ether oxygens (including phenoxy) is 2. The van der Waals surface area contributed by atoms with E-state index in [9.17, 15) is 9.90 Å². The van der Waals surface area contributed by atoms with Crippen LogP contribution in [0.2, 0.25) is 0 Å². The van der Waals surface area contributed by atoms with Gasteiger partial charge in [-0.05, 0) is 65.9 Å².